The van der Waals surface area contributed by atoms with E-state index in [1.54, 1.807) is 24.3 Å². The van der Waals surface area contributed by atoms with Crippen molar-refractivity contribution in [3.8, 4) is 11.5 Å². The number of carbonyl (C=O) groups is 2. The number of allylic oxidation sites excluding steroid dienone is 1. The SMILES string of the molecule is CCCCCCCCCC(=O)CC(=O)C=Cc1ccc(OCOC)c(OCOC)c1. The monoisotopic (exact) mass is 420 g/mol. The van der Waals surface area contributed by atoms with Gasteiger partial charge in [0, 0.05) is 20.6 Å². The number of ether oxygens (including phenoxy) is 4. The number of methoxy groups -OCH3 is 2. The highest BCUT2D eigenvalue weighted by molar-refractivity contribution is 6.06. The Kier molecular flexibility index (Phi) is 14.3. The van der Waals surface area contributed by atoms with Crippen LogP contribution in [0.1, 0.15) is 70.3 Å². The van der Waals surface area contributed by atoms with Crippen LogP contribution in [0.4, 0.5) is 0 Å². The summed E-state index contributed by atoms with van der Waals surface area (Å²) in [4.78, 5) is 24.1. The van der Waals surface area contributed by atoms with Crippen molar-refractivity contribution in [1.29, 1.82) is 0 Å². The van der Waals surface area contributed by atoms with Crippen LogP contribution in [0.2, 0.25) is 0 Å². The highest BCUT2D eigenvalue weighted by Gasteiger charge is 2.09. The number of benzene rings is 1. The van der Waals surface area contributed by atoms with Gasteiger partial charge in [-0.05, 0) is 30.2 Å². The van der Waals surface area contributed by atoms with E-state index in [0.29, 0.717) is 17.9 Å². The Hall–Kier alpha value is -2.18. The minimum atomic E-state index is -0.193. The molecular formula is C24H36O6. The van der Waals surface area contributed by atoms with Gasteiger partial charge < -0.3 is 18.9 Å². The molecule has 6 nitrogen and oxygen atoms in total. The summed E-state index contributed by atoms with van der Waals surface area (Å²) in [6.07, 6.45) is 11.6. The smallest absolute Gasteiger partial charge is 0.188 e. The van der Waals surface area contributed by atoms with Crippen molar-refractivity contribution >= 4 is 17.6 Å². The normalized spacial score (nSPS) is 11.0. The van der Waals surface area contributed by atoms with Crippen molar-refractivity contribution in [2.75, 3.05) is 27.8 Å². The van der Waals surface area contributed by atoms with E-state index in [-0.39, 0.29) is 31.6 Å². The summed E-state index contributed by atoms with van der Waals surface area (Å²) in [7, 11) is 3.06. The average molecular weight is 421 g/mol. The van der Waals surface area contributed by atoms with E-state index in [1.807, 2.05) is 0 Å². The fourth-order valence-electron chi connectivity index (χ4n) is 2.92. The molecule has 0 radical (unpaired) electrons. The maximum absolute atomic E-state index is 12.1. The molecule has 0 atom stereocenters. The molecule has 0 heterocycles. The van der Waals surface area contributed by atoms with E-state index in [9.17, 15) is 9.59 Å². The van der Waals surface area contributed by atoms with Crippen LogP contribution >= 0.6 is 0 Å². The third kappa shape index (κ3) is 11.7. The van der Waals surface area contributed by atoms with Crippen LogP contribution in [-0.2, 0) is 19.1 Å². The van der Waals surface area contributed by atoms with Crippen molar-refractivity contribution in [2.24, 2.45) is 0 Å². The van der Waals surface area contributed by atoms with Gasteiger partial charge in [0.05, 0.1) is 6.42 Å². The highest BCUT2D eigenvalue weighted by Crippen LogP contribution is 2.29. The molecule has 30 heavy (non-hydrogen) atoms. The molecule has 0 saturated carbocycles. The largest absolute Gasteiger partial charge is 0.464 e. The van der Waals surface area contributed by atoms with E-state index < -0.39 is 0 Å². The summed E-state index contributed by atoms with van der Waals surface area (Å²) in [5.74, 6) is 0.813. The number of Topliss-reactive ketones (excluding diaryl/α,β-unsaturated/α-hetero) is 1. The first-order chi connectivity index (χ1) is 14.6. The molecule has 0 N–H and O–H groups in total. The fraction of sp³-hybridized carbons (Fsp3) is 0.583. The van der Waals surface area contributed by atoms with Gasteiger partial charge >= 0.3 is 0 Å². The van der Waals surface area contributed by atoms with Gasteiger partial charge in [-0.25, -0.2) is 0 Å². The zero-order chi connectivity index (χ0) is 22.0. The summed E-state index contributed by atoms with van der Waals surface area (Å²) < 4.78 is 20.8. The second-order valence-corrected chi connectivity index (χ2v) is 7.19. The number of carbonyl (C=O) groups excluding carboxylic acids is 2. The Bertz CT molecular complexity index is 653. The van der Waals surface area contributed by atoms with Crippen LogP contribution in [0.15, 0.2) is 24.3 Å². The second kappa shape index (κ2) is 16.6. The molecule has 0 aliphatic carbocycles. The van der Waals surface area contributed by atoms with Crippen molar-refractivity contribution < 1.29 is 28.5 Å². The lowest BCUT2D eigenvalue weighted by Crippen LogP contribution is -2.05. The topological polar surface area (TPSA) is 71.1 Å². The van der Waals surface area contributed by atoms with Crippen LogP contribution in [0, 0.1) is 0 Å². The van der Waals surface area contributed by atoms with Crippen molar-refractivity contribution in [2.45, 2.75) is 64.7 Å². The van der Waals surface area contributed by atoms with Crippen LogP contribution in [0.3, 0.4) is 0 Å². The molecule has 0 bridgehead atoms. The average Bonchev–Trinajstić information content (AvgIpc) is 2.74. The van der Waals surface area contributed by atoms with E-state index in [0.717, 1.165) is 18.4 Å². The molecule has 6 heteroatoms. The summed E-state index contributed by atoms with van der Waals surface area (Å²) in [5.41, 5.74) is 0.763. The Morgan fingerprint density at radius 1 is 0.867 bits per heavy atom. The molecular weight excluding hydrogens is 384 g/mol. The van der Waals surface area contributed by atoms with Gasteiger partial charge in [0.15, 0.2) is 30.9 Å². The molecule has 1 aromatic carbocycles. The van der Waals surface area contributed by atoms with Crippen LogP contribution in [0.5, 0.6) is 11.5 Å². The maximum Gasteiger partial charge on any atom is 0.188 e. The van der Waals surface area contributed by atoms with Crippen LogP contribution in [-0.4, -0.2) is 39.4 Å². The van der Waals surface area contributed by atoms with Crippen LogP contribution < -0.4 is 9.47 Å². The zero-order valence-corrected chi connectivity index (χ0v) is 18.6. The first-order valence-electron chi connectivity index (χ1n) is 10.7. The van der Waals surface area contributed by atoms with E-state index >= 15 is 0 Å². The molecule has 0 saturated heterocycles. The van der Waals surface area contributed by atoms with Gasteiger partial charge in [-0.15, -0.1) is 0 Å². The quantitative estimate of drug-likeness (QED) is 0.138. The summed E-state index contributed by atoms with van der Waals surface area (Å²) >= 11 is 0. The van der Waals surface area contributed by atoms with Crippen molar-refractivity contribution in [3.05, 3.63) is 29.8 Å². The first-order valence-corrected chi connectivity index (χ1v) is 10.7. The fourth-order valence-corrected chi connectivity index (χ4v) is 2.92. The maximum atomic E-state index is 12.1. The molecule has 1 rings (SSSR count). The Labute approximate surface area is 180 Å². The van der Waals surface area contributed by atoms with E-state index in [2.05, 4.69) is 6.92 Å². The van der Waals surface area contributed by atoms with Crippen molar-refractivity contribution in [3.63, 3.8) is 0 Å². The molecule has 1 aromatic rings. The Morgan fingerprint density at radius 2 is 1.50 bits per heavy atom. The third-order valence-electron chi connectivity index (χ3n) is 4.52. The molecule has 0 amide bonds. The molecule has 0 aromatic heterocycles. The Balaban J connectivity index is 2.46. The predicted molar refractivity (Wildman–Crippen MR) is 118 cm³/mol. The molecule has 0 aliphatic rings. The standard InChI is InChI=1S/C24H36O6/c1-4-5-6-7-8-9-10-11-21(25)17-22(26)14-12-20-13-15-23(29-18-27-2)24(16-20)30-19-28-3/h12-16H,4-11,17-19H2,1-3H3. The molecule has 0 unspecified atom stereocenters. The highest BCUT2D eigenvalue weighted by atomic mass is 16.7. The molecule has 0 spiro atoms. The lowest BCUT2D eigenvalue weighted by molar-refractivity contribution is -0.124. The van der Waals surface area contributed by atoms with Gasteiger partial charge in [-0.2, -0.15) is 0 Å². The van der Waals surface area contributed by atoms with Gasteiger partial charge in [-0.1, -0.05) is 57.6 Å². The lowest BCUT2D eigenvalue weighted by atomic mass is 10.0. The number of ketones is 2. The third-order valence-corrected chi connectivity index (χ3v) is 4.52. The molecule has 168 valence electrons. The summed E-state index contributed by atoms with van der Waals surface area (Å²) in [6.45, 7) is 2.37. The minimum Gasteiger partial charge on any atom is -0.464 e. The van der Waals surface area contributed by atoms with Crippen molar-refractivity contribution in [1.82, 2.24) is 0 Å². The number of hydrogen-bond acceptors (Lipinski definition) is 6. The lowest BCUT2D eigenvalue weighted by Gasteiger charge is -2.12. The second-order valence-electron chi connectivity index (χ2n) is 7.19. The van der Waals surface area contributed by atoms with E-state index in [4.69, 9.17) is 18.9 Å². The van der Waals surface area contributed by atoms with Gasteiger partial charge in [0.1, 0.15) is 5.78 Å². The van der Waals surface area contributed by atoms with E-state index in [1.165, 1.54) is 52.4 Å². The zero-order valence-electron chi connectivity index (χ0n) is 18.6. The Morgan fingerprint density at radius 3 is 2.17 bits per heavy atom. The van der Waals surface area contributed by atoms with Gasteiger partial charge in [-0.3, -0.25) is 9.59 Å². The first kappa shape index (κ1) is 25.9. The minimum absolute atomic E-state index is 0.00522. The number of rotatable bonds is 18. The summed E-state index contributed by atoms with van der Waals surface area (Å²) in [5, 5.41) is 0. The number of hydrogen-bond donors (Lipinski definition) is 0. The summed E-state index contributed by atoms with van der Waals surface area (Å²) in [6, 6.07) is 5.28. The van der Waals surface area contributed by atoms with Gasteiger partial charge in [0.25, 0.3) is 0 Å². The van der Waals surface area contributed by atoms with Crippen LogP contribution in [0.25, 0.3) is 6.08 Å². The predicted octanol–water partition coefficient (Wildman–Crippen LogP) is 5.33. The number of unbranched alkanes of at least 4 members (excludes halogenated alkanes) is 6. The van der Waals surface area contributed by atoms with Gasteiger partial charge in [0.2, 0.25) is 0 Å². The molecule has 0 fully saturated rings. The molecule has 0 aliphatic heterocycles.